The van der Waals surface area contributed by atoms with E-state index in [1.807, 2.05) is 132 Å². The van der Waals surface area contributed by atoms with Crippen molar-refractivity contribution < 1.29 is 14.9 Å². The molecule has 0 spiro atoms. The maximum absolute atomic E-state index is 14.9. The first-order valence-corrected chi connectivity index (χ1v) is 20.7. The summed E-state index contributed by atoms with van der Waals surface area (Å²) < 4.78 is 51.9. The molecule has 0 N–H and O–H groups in total. The standard InChI is InChI=1S/C55H44F2N4O/c1-35(2)37-28-42(32-44(29-37)62-43-22-23-48-47-16-9-10-19-49(47)61(52(48)33-43)53-30-39(24-25-58-53)55(3,4)5)59-34-60(51-21-12-11-20-50(51)59)54-45(36-14-7-6-8-15-36)17-13-18-46(54)38-26-40(56)31-41(57)27-38/h6-33,35H,1-5H3/q+2/i35D. The Morgan fingerprint density at radius 3 is 2.05 bits per heavy atom. The maximum atomic E-state index is 14.9. The van der Waals surface area contributed by atoms with Crippen LogP contribution in [0.3, 0.4) is 0 Å². The molecule has 0 bridgehead atoms. The Balaban J connectivity index is 1.16. The zero-order valence-corrected chi connectivity index (χ0v) is 35.1. The molecule has 7 aromatic carbocycles. The van der Waals surface area contributed by atoms with Crippen molar-refractivity contribution in [2.75, 3.05) is 0 Å². The Kier molecular flexibility index (Phi) is 9.21. The summed E-state index contributed by atoms with van der Waals surface area (Å²) >= 11 is 0. The fourth-order valence-corrected chi connectivity index (χ4v) is 8.46. The second-order valence-corrected chi connectivity index (χ2v) is 17.0. The Labute approximate surface area is 361 Å². The van der Waals surface area contributed by atoms with Gasteiger partial charge in [0, 0.05) is 48.7 Å². The van der Waals surface area contributed by atoms with Crippen LogP contribution in [0.2, 0.25) is 0 Å². The van der Waals surface area contributed by atoms with Crippen molar-refractivity contribution in [2.24, 2.45) is 0 Å². The summed E-state index contributed by atoms with van der Waals surface area (Å²) in [5.41, 5.74) is 9.80. The highest BCUT2D eigenvalue weighted by Crippen LogP contribution is 2.45. The normalized spacial score (nSPS) is 12.9. The van der Waals surface area contributed by atoms with Crippen LogP contribution in [0, 0.1) is 11.6 Å². The second-order valence-electron chi connectivity index (χ2n) is 17.0. The first-order valence-electron chi connectivity index (χ1n) is 21.2. The highest BCUT2D eigenvalue weighted by molar-refractivity contribution is 6.09. The van der Waals surface area contributed by atoms with Crippen molar-refractivity contribution in [3.05, 3.63) is 193 Å². The van der Waals surface area contributed by atoms with E-state index in [-0.39, 0.29) is 5.41 Å². The van der Waals surface area contributed by atoms with E-state index in [0.717, 1.165) is 67.4 Å². The maximum Gasteiger partial charge on any atom is 0.503 e. The lowest BCUT2D eigenvalue weighted by Gasteiger charge is -2.20. The smallest absolute Gasteiger partial charge is 0.457 e. The van der Waals surface area contributed by atoms with Gasteiger partial charge >= 0.3 is 6.01 Å². The minimum Gasteiger partial charge on any atom is -0.457 e. The molecule has 0 fully saturated rings. The molecule has 10 rings (SSSR count). The Morgan fingerprint density at radius 1 is 0.629 bits per heavy atom. The lowest BCUT2D eigenvalue weighted by atomic mass is 9.88. The summed E-state index contributed by atoms with van der Waals surface area (Å²) in [7, 11) is 0. The van der Waals surface area contributed by atoms with E-state index in [0.29, 0.717) is 28.3 Å². The summed E-state index contributed by atoms with van der Waals surface area (Å²) in [6.45, 7) is 10.3. The molecular formula is C55H44F2N4O+2. The van der Waals surface area contributed by atoms with Crippen molar-refractivity contribution in [1.82, 2.24) is 18.7 Å². The van der Waals surface area contributed by atoms with Crippen LogP contribution in [0.1, 0.15) is 53.0 Å². The van der Waals surface area contributed by atoms with Crippen LogP contribution < -0.4 is 13.9 Å². The predicted molar refractivity (Wildman–Crippen MR) is 249 cm³/mol. The minimum atomic E-state index is -0.984. The van der Waals surface area contributed by atoms with Gasteiger partial charge in [-0.05, 0) is 103 Å². The topological polar surface area (TPSA) is 33.1 Å². The molecule has 1 aliphatic rings. The van der Waals surface area contributed by atoms with E-state index in [1.54, 1.807) is 0 Å². The number of rotatable bonds is 8. The Morgan fingerprint density at radius 2 is 1.31 bits per heavy atom. The van der Waals surface area contributed by atoms with E-state index < -0.39 is 17.5 Å². The molecule has 9 aromatic rings. The van der Waals surface area contributed by atoms with Crippen LogP contribution in [0.5, 0.6) is 11.5 Å². The summed E-state index contributed by atoms with van der Waals surface area (Å²) in [5.74, 6) is -0.296. The average molecular weight is 816 g/mol. The van der Waals surface area contributed by atoms with Crippen LogP contribution in [0.15, 0.2) is 170 Å². The molecule has 0 amide bonds. The molecule has 0 aliphatic carbocycles. The minimum absolute atomic E-state index is 0.0604. The highest BCUT2D eigenvalue weighted by atomic mass is 19.1. The van der Waals surface area contributed by atoms with Gasteiger partial charge in [0.05, 0.1) is 28.2 Å². The quantitative estimate of drug-likeness (QED) is 0.143. The fourth-order valence-electron chi connectivity index (χ4n) is 8.46. The zero-order chi connectivity index (χ0) is 43.6. The monoisotopic (exact) mass is 815 g/mol. The van der Waals surface area contributed by atoms with Crippen molar-refractivity contribution in [2.45, 2.75) is 45.9 Å². The number of aromatic nitrogens is 2. The van der Waals surface area contributed by atoms with E-state index in [4.69, 9.17) is 9.72 Å². The van der Waals surface area contributed by atoms with Crippen LogP contribution in [-0.4, -0.2) is 15.6 Å². The van der Waals surface area contributed by atoms with E-state index in [2.05, 4.69) is 73.8 Å². The van der Waals surface area contributed by atoms with Crippen molar-refractivity contribution in [3.8, 4) is 39.6 Å². The van der Waals surface area contributed by atoms with Gasteiger partial charge in [-0.25, -0.2) is 13.8 Å². The molecule has 5 nitrogen and oxygen atoms in total. The van der Waals surface area contributed by atoms with E-state index >= 15 is 0 Å². The van der Waals surface area contributed by atoms with Crippen LogP contribution in [0.25, 0.3) is 49.9 Å². The van der Waals surface area contributed by atoms with Crippen molar-refractivity contribution in [1.29, 1.82) is 0 Å². The number of nitrogens with zero attached hydrogens (tertiary/aromatic N) is 4. The average Bonchev–Trinajstić information content (AvgIpc) is 3.81. The number of fused-ring (bicyclic) bond motifs is 4. The number of benzene rings is 7. The lowest BCUT2D eigenvalue weighted by molar-refractivity contribution is 0.482. The lowest BCUT2D eigenvalue weighted by Crippen LogP contribution is -2.12. The van der Waals surface area contributed by atoms with Gasteiger partial charge in [-0.2, -0.15) is 0 Å². The van der Waals surface area contributed by atoms with Crippen LogP contribution >= 0.6 is 0 Å². The molecule has 0 saturated carbocycles. The SMILES string of the molecule is [2H]C(C)(C)c1cc(Oc2ccc3c4ccccc4n(-c4cc(C(C)(C)C)ccn4)c3c2)cc([N+]2=C=[N+](c3c(-c4ccccc4)cccc3-c3cc(F)cc(F)c3)c3ccccc32)c1. The zero-order valence-electron chi connectivity index (χ0n) is 36.1. The highest BCUT2D eigenvalue weighted by Gasteiger charge is 2.39. The number of pyridine rings is 1. The Bertz CT molecular complexity index is 3330. The van der Waals surface area contributed by atoms with Crippen molar-refractivity contribution >= 4 is 50.6 Å². The largest absolute Gasteiger partial charge is 0.503 e. The van der Waals surface area contributed by atoms with Gasteiger partial charge in [-0.1, -0.05) is 101 Å². The van der Waals surface area contributed by atoms with Crippen LogP contribution in [0.4, 0.5) is 31.5 Å². The summed E-state index contributed by atoms with van der Waals surface area (Å²) in [5, 5.41) is 2.20. The van der Waals surface area contributed by atoms with Gasteiger partial charge < -0.3 is 4.74 Å². The van der Waals surface area contributed by atoms with Gasteiger partial charge in [-0.3, -0.25) is 4.57 Å². The van der Waals surface area contributed by atoms with Crippen LogP contribution in [-0.2, 0) is 5.41 Å². The first-order chi connectivity index (χ1) is 30.3. The number of hydrogen-bond donors (Lipinski definition) is 0. The third kappa shape index (κ3) is 6.96. The van der Waals surface area contributed by atoms with Gasteiger partial charge in [-0.15, -0.1) is 0 Å². The number of para-hydroxylation sites is 4. The molecule has 0 unspecified atom stereocenters. The molecule has 2 aromatic heterocycles. The molecule has 0 radical (unpaired) electrons. The van der Waals surface area contributed by atoms with Gasteiger partial charge in [0.15, 0.2) is 0 Å². The molecule has 1 aliphatic heterocycles. The van der Waals surface area contributed by atoms with Gasteiger partial charge in [0.1, 0.15) is 29.0 Å². The third-order valence-electron chi connectivity index (χ3n) is 11.5. The fraction of sp³-hybridized carbons (Fsp3) is 0.127. The van der Waals surface area contributed by atoms with E-state index in [1.165, 1.54) is 17.7 Å². The second kappa shape index (κ2) is 15.2. The molecule has 302 valence electrons. The van der Waals surface area contributed by atoms with Gasteiger partial charge in [0.25, 0.3) is 11.4 Å². The number of hydrogen-bond acceptors (Lipinski definition) is 2. The number of ether oxygens (including phenoxy) is 1. The molecule has 0 atom stereocenters. The first kappa shape index (κ1) is 37.5. The van der Waals surface area contributed by atoms with Crippen molar-refractivity contribution in [3.63, 3.8) is 0 Å². The Hall–Kier alpha value is -7.47. The molecular weight excluding hydrogens is 771 g/mol. The number of halogens is 2. The predicted octanol–water partition coefficient (Wildman–Crippen LogP) is 14.9. The molecule has 0 saturated heterocycles. The third-order valence-corrected chi connectivity index (χ3v) is 11.5. The molecule has 7 heteroatoms. The van der Waals surface area contributed by atoms with E-state index in [9.17, 15) is 10.2 Å². The van der Waals surface area contributed by atoms with Gasteiger partial charge in [0.2, 0.25) is 11.4 Å². The summed E-state index contributed by atoms with van der Waals surface area (Å²) in [6.07, 6.45) is 1.88. The summed E-state index contributed by atoms with van der Waals surface area (Å²) in [6, 6.07) is 55.6. The summed E-state index contributed by atoms with van der Waals surface area (Å²) in [4.78, 5) is 4.85. The molecule has 62 heavy (non-hydrogen) atoms. The molecule has 3 heterocycles.